The Kier molecular flexibility index (Phi) is 7.81. The van der Waals surface area contributed by atoms with Crippen LogP contribution in [0.25, 0.3) is 0 Å². The summed E-state index contributed by atoms with van der Waals surface area (Å²) in [5.74, 6) is 2.31. The number of rotatable bonds is 8. The fraction of sp³-hybridized carbons (Fsp3) is 0.176. The number of hydrogen-bond donors (Lipinski definition) is 2. The maximum atomic E-state index is 10.9. The molecule has 1 unspecified atom stereocenters. The van der Waals surface area contributed by atoms with Crippen molar-refractivity contribution in [1.29, 1.82) is 0 Å². The number of allylic oxidation sites excluding steroid dienone is 1. The van der Waals surface area contributed by atoms with E-state index >= 15 is 0 Å². The molecule has 7 heteroatoms. The average molecular weight is 565 g/mol. The smallest absolute Gasteiger partial charge is 0.200 e. The topological polar surface area (TPSA) is 74.5 Å². The van der Waals surface area contributed by atoms with Crippen LogP contribution in [0.5, 0.6) is 28.7 Å². The van der Waals surface area contributed by atoms with Crippen LogP contribution in [0, 0.1) is 0 Å². The number of nitrogens with zero attached hydrogens (tertiary/aromatic N) is 2. The molecular formula is C34H32N2O4S. The van der Waals surface area contributed by atoms with Gasteiger partial charge in [-0.25, -0.2) is 4.99 Å². The highest BCUT2D eigenvalue weighted by molar-refractivity contribution is 7.80. The molecule has 0 saturated carbocycles. The average Bonchev–Trinajstić information content (AvgIpc) is 2.98. The Bertz CT molecular complexity index is 1600. The van der Waals surface area contributed by atoms with Crippen LogP contribution in [-0.4, -0.2) is 28.1 Å². The third-order valence-corrected chi connectivity index (χ3v) is 7.63. The summed E-state index contributed by atoms with van der Waals surface area (Å²) in [5, 5.41) is 21.2. The highest BCUT2D eigenvalue weighted by Gasteiger charge is 2.34. The lowest BCUT2D eigenvalue weighted by molar-refractivity contribution is 0.395. The fourth-order valence-corrected chi connectivity index (χ4v) is 5.29. The van der Waals surface area contributed by atoms with Crippen molar-refractivity contribution in [2.24, 2.45) is 4.99 Å². The molecule has 0 bridgehead atoms. The minimum absolute atomic E-state index is 0.135. The van der Waals surface area contributed by atoms with Gasteiger partial charge < -0.3 is 24.6 Å². The number of aliphatic imine (C=N–C) groups is 1. The monoisotopic (exact) mass is 564 g/mol. The summed E-state index contributed by atoms with van der Waals surface area (Å²) in [4.78, 5) is 6.83. The second-order valence-electron chi connectivity index (χ2n) is 10.4. The van der Waals surface area contributed by atoms with E-state index in [0.717, 1.165) is 33.8 Å². The van der Waals surface area contributed by atoms with Gasteiger partial charge in [0.25, 0.3) is 0 Å². The largest absolute Gasteiger partial charge is 0.508 e. The summed E-state index contributed by atoms with van der Waals surface area (Å²) >= 11 is 5.91. The molecule has 41 heavy (non-hydrogen) atoms. The van der Waals surface area contributed by atoms with Gasteiger partial charge in [0.2, 0.25) is 5.11 Å². The van der Waals surface area contributed by atoms with Crippen LogP contribution in [0.2, 0.25) is 0 Å². The first kappa shape index (κ1) is 27.9. The lowest BCUT2D eigenvalue weighted by Crippen LogP contribution is -2.39. The lowest BCUT2D eigenvalue weighted by atomic mass is 9.81. The number of phenolic OH excluding ortho intramolecular Hbond substituents is 2. The molecule has 0 saturated heterocycles. The van der Waals surface area contributed by atoms with Gasteiger partial charge in [-0.1, -0.05) is 38.1 Å². The molecule has 0 radical (unpaired) electrons. The van der Waals surface area contributed by atoms with Crippen LogP contribution in [0.15, 0.2) is 109 Å². The third-order valence-electron chi connectivity index (χ3n) is 7.34. The second kappa shape index (κ2) is 11.5. The predicted octanol–water partition coefficient (Wildman–Crippen LogP) is 8.09. The van der Waals surface area contributed by atoms with E-state index in [1.54, 1.807) is 25.3 Å². The molecule has 0 fully saturated rings. The second-order valence-corrected chi connectivity index (χ2v) is 10.8. The number of para-hydroxylation sites is 1. The summed E-state index contributed by atoms with van der Waals surface area (Å²) in [5.41, 5.74) is 3.59. The lowest BCUT2D eigenvalue weighted by Gasteiger charge is -2.38. The first-order valence-electron chi connectivity index (χ1n) is 13.3. The van der Waals surface area contributed by atoms with Gasteiger partial charge in [-0.2, -0.15) is 0 Å². The normalized spacial score (nSPS) is 15.3. The Morgan fingerprint density at radius 3 is 2.24 bits per heavy atom. The molecule has 208 valence electrons. The van der Waals surface area contributed by atoms with Crippen molar-refractivity contribution in [2.45, 2.75) is 31.7 Å². The molecule has 1 aliphatic heterocycles. The molecular weight excluding hydrogens is 532 g/mol. The number of thiocarbonyl (C=S) groups is 1. The van der Waals surface area contributed by atoms with E-state index < -0.39 is 5.41 Å². The zero-order valence-electron chi connectivity index (χ0n) is 23.2. The van der Waals surface area contributed by atoms with Gasteiger partial charge in [0.05, 0.1) is 18.9 Å². The van der Waals surface area contributed by atoms with Gasteiger partial charge in [-0.05, 0) is 84.5 Å². The first-order chi connectivity index (χ1) is 19.7. The Balaban J connectivity index is 1.61. The zero-order chi connectivity index (χ0) is 29.1. The van der Waals surface area contributed by atoms with Crippen LogP contribution in [0.3, 0.4) is 0 Å². The van der Waals surface area contributed by atoms with Crippen molar-refractivity contribution in [1.82, 2.24) is 0 Å². The van der Waals surface area contributed by atoms with Crippen molar-refractivity contribution >= 4 is 28.7 Å². The maximum Gasteiger partial charge on any atom is 0.200 e. The summed E-state index contributed by atoms with van der Waals surface area (Å²) in [6.07, 6.45) is 2.32. The van der Waals surface area contributed by atoms with Gasteiger partial charge in [0, 0.05) is 34.7 Å². The minimum Gasteiger partial charge on any atom is -0.508 e. The molecule has 1 atom stereocenters. The molecule has 0 amide bonds. The standard InChI is InChI=1S/C34H32N2O4S/c1-5-34(2,3)28-19-27(32(39-4)21-31(28)38)30-20-29(22-11-15-24(37)16-12-22)35-33(41)36(30)23-13-17-26(18-14-23)40-25-9-7-6-8-10-25/h5-19,21,30,37-38H,1,20H2,2-4H3. The van der Waals surface area contributed by atoms with Crippen molar-refractivity contribution in [2.75, 3.05) is 12.0 Å². The molecule has 4 aromatic rings. The molecule has 0 spiro atoms. The summed E-state index contributed by atoms with van der Waals surface area (Å²) < 4.78 is 11.8. The zero-order valence-corrected chi connectivity index (χ0v) is 24.1. The summed E-state index contributed by atoms with van der Waals surface area (Å²) in [6, 6.07) is 27.6. The van der Waals surface area contributed by atoms with E-state index in [9.17, 15) is 10.2 Å². The fourth-order valence-electron chi connectivity index (χ4n) is 4.95. The molecule has 1 heterocycles. The Labute approximate surface area is 245 Å². The number of anilines is 1. The third kappa shape index (κ3) is 5.81. The van der Waals surface area contributed by atoms with E-state index in [-0.39, 0.29) is 17.5 Å². The van der Waals surface area contributed by atoms with Gasteiger partial charge in [-0.3, -0.25) is 0 Å². The first-order valence-corrected chi connectivity index (χ1v) is 13.7. The minimum atomic E-state index is -0.491. The number of aromatic hydroxyl groups is 2. The number of phenols is 2. The van der Waals surface area contributed by atoms with Crippen LogP contribution in [0.1, 0.15) is 43.0 Å². The van der Waals surface area contributed by atoms with Gasteiger partial charge in [-0.15, -0.1) is 6.58 Å². The number of methoxy groups -OCH3 is 1. The summed E-state index contributed by atoms with van der Waals surface area (Å²) in [7, 11) is 1.59. The molecule has 0 aliphatic carbocycles. The van der Waals surface area contributed by atoms with E-state index in [4.69, 9.17) is 26.7 Å². The van der Waals surface area contributed by atoms with E-state index in [1.807, 2.05) is 97.6 Å². The molecule has 0 aromatic heterocycles. The van der Waals surface area contributed by atoms with Gasteiger partial charge in [0.15, 0.2) is 0 Å². The Morgan fingerprint density at radius 2 is 1.61 bits per heavy atom. The highest BCUT2D eigenvalue weighted by atomic mass is 32.1. The summed E-state index contributed by atoms with van der Waals surface area (Å²) in [6.45, 7) is 7.99. The SMILES string of the molecule is C=CC(C)(C)c1cc(C2CC(c3ccc(O)cc3)=NC(=S)N2c2ccc(Oc3ccccc3)cc2)c(OC)cc1O. The van der Waals surface area contributed by atoms with Crippen molar-refractivity contribution in [3.63, 3.8) is 0 Å². The maximum absolute atomic E-state index is 10.9. The molecule has 5 rings (SSSR count). The van der Waals surface area contributed by atoms with Crippen molar-refractivity contribution < 1.29 is 19.7 Å². The number of ether oxygens (including phenoxy) is 2. The van der Waals surface area contributed by atoms with Crippen LogP contribution >= 0.6 is 12.2 Å². The van der Waals surface area contributed by atoms with Gasteiger partial charge in [0.1, 0.15) is 28.7 Å². The van der Waals surface area contributed by atoms with Crippen molar-refractivity contribution in [3.8, 4) is 28.7 Å². The van der Waals surface area contributed by atoms with E-state index in [1.165, 1.54) is 0 Å². The van der Waals surface area contributed by atoms with Crippen LogP contribution < -0.4 is 14.4 Å². The molecule has 2 N–H and O–H groups in total. The predicted molar refractivity (Wildman–Crippen MR) is 168 cm³/mol. The molecule has 1 aliphatic rings. The highest BCUT2D eigenvalue weighted by Crippen LogP contribution is 2.44. The van der Waals surface area contributed by atoms with E-state index in [2.05, 4.69) is 6.58 Å². The Hall–Kier alpha value is -4.62. The van der Waals surface area contributed by atoms with Gasteiger partial charge >= 0.3 is 0 Å². The quantitative estimate of drug-likeness (QED) is 0.166. The number of benzene rings is 4. The molecule has 4 aromatic carbocycles. The number of hydrogen-bond acceptors (Lipinski definition) is 5. The van der Waals surface area contributed by atoms with E-state index in [0.29, 0.717) is 23.0 Å². The van der Waals surface area contributed by atoms with Crippen LogP contribution in [-0.2, 0) is 5.41 Å². The van der Waals surface area contributed by atoms with Crippen molar-refractivity contribution in [3.05, 3.63) is 120 Å². The van der Waals surface area contributed by atoms with Crippen LogP contribution in [0.4, 0.5) is 5.69 Å². The Morgan fingerprint density at radius 1 is 0.951 bits per heavy atom. The molecule has 6 nitrogen and oxygen atoms in total.